The van der Waals surface area contributed by atoms with Crippen molar-refractivity contribution >= 4 is 5.71 Å². The molecule has 86 valence electrons. The number of piperidine rings is 1. The van der Waals surface area contributed by atoms with E-state index in [9.17, 15) is 0 Å². The second-order valence-corrected chi connectivity index (χ2v) is 5.24. The predicted octanol–water partition coefficient (Wildman–Crippen LogP) is 2.33. The molecule has 0 radical (unpaired) electrons. The number of hydrogen-bond acceptors (Lipinski definition) is 2. The molecule has 16 heavy (non-hydrogen) atoms. The van der Waals surface area contributed by atoms with Gasteiger partial charge in [-0.15, -0.1) is 0 Å². The number of nitrogens with zero attached hydrogens (tertiary/aromatic N) is 2. The van der Waals surface area contributed by atoms with Gasteiger partial charge in [-0.05, 0) is 46.1 Å². The number of allylic oxidation sites excluding steroid dienone is 2. The van der Waals surface area contributed by atoms with Gasteiger partial charge in [-0.1, -0.05) is 12.0 Å². The molecule has 2 fully saturated rings. The molecule has 2 heteroatoms. The van der Waals surface area contributed by atoms with Crippen molar-refractivity contribution < 1.29 is 0 Å². The van der Waals surface area contributed by atoms with Crippen LogP contribution in [0.3, 0.4) is 0 Å². The maximum atomic E-state index is 4.42. The minimum atomic E-state index is 0.306. The summed E-state index contributed by atoms with van der Waals surface area (Å²) in [6.07, 6.45) is 3.28. The van der Waals surface area contributed by atoms with Crippen LogP contribution in [0, 0.1) is 23.2 Å². The van der Waals surface area contributed by atoms with Crippen molar-refractivity contribution in [3.05, 3.63) is 11.8 Å². The van der Waals surface area contributed by atoms with Crippen molar-refractivity contribution in [2.75, 3.05) is 20.1 Å². The first-order chi connectivity index (χ1) is 7.55. The summed E-state index contributed by atoms with van der Waals surface area (Å²) in [4.78, 5) is 6.80. The normalized spacial score (nSPS) is 32.8. The molecule has 1 aliphatic carbocycles. The van der Waals surface area contributed by atoms with Crippen LogP contribution in [0.15, 0.2) is 16.8 Å². The number of rotatable bonds is 1. The van der Waals surface area contributed by atoms with E-state index in [4.69, 9.17) is 0 Å². The van der Waals surface area contributed by atoms with Gasteiger partial charge in [0.2, 0.25) is 0 Å². The summed E-state index contributed by atoms with van der Waals surface area (Å²) >= 11 is 0. The number of hydrogen-bond donors (Lipinski definition) is 0. The molecule has 0 aromatic carbocycles. The van der Waals surface area contributed by atoms with E-state index >= 15 is 0 Å². The smallest absolute Gasteiger partial charge is 0.108 e. The lowest BCUT2D eigenvalue weighted by Gasteiger charge is -2.10. The van der Waals surface area contributed by atoms with Crippen molar-refractivity contribution in [2.45, 2.75) is 27.2 Å². The van der Waals surface area contributed by atoms with Crippen molar-refractivity contribution in [1.29, 1.82) is 0 Å². The van der Waals surface area contributed by atoms with Crippen LogP contribution in [-0.4, -0.2) is 30.7 Å². The summed E-state index contributed by atoms with van der Waals surface area (Å²) in [5.74, 6) is 7.51. The number of fused-ring (bicyclic) bond motifs is 1. The number of likely N-dealkylation sites (tertiary alicyclic amines) is 1. The summed E-state index contributed by atoms with van der Waals surface area (Å²) < 4.78 is 0. The zero-order valence-corrected chi connectivity index (χ0v) is 10.7. The molecule has 0 N–H and O–H groups in total. The quantitative estimate of drug-likeness (QED) is 0.485. The molecular formula is C14H20N2. The molecule has 2 aliphatic rings. The average Bonchev–Trinajstić information content (AvgIpc) is 2.76. The van der Waals surface area contributed by atoms with Crippen molar-refractivity contribution in [2.24, 2.45) is 16.3 Å². The second kappa shape index (κ2) is 4.07. The van der Waals surface area contributed by atoms with E-state index in [1.165, 1.54) is 13.0 Å². The van der Waals surface area contributed by atoms with Crippen LogP contribution in [0.1, 0.15) is 27.2 Å². The van der Waals surface area contributed by atoms with E-state index in [1.807, 2.05) is 26.8 Å². The van der Waals surface area contributed by atoms with Crippen molar-refractivity contribution in [1.82, 2.24) is 4.90 Å². The topological polar surface area (TPSA) is 15.6 Å². The Morgan fingerprint density at radius 3 is 2.75 bits per heavy atom. The van der Waals surface area contributed by atoms with Gasteiger partial charge >= 0.3 is 0 Å². The summed E-state index contributed by atoms with van der Waals surface area (Å²) in [6, 6.07) is 0. The van der Waals surface area contributed by atoms with E-state index in [1.54, 1.807) is 0 Å². The Labute approximate surface area is 98.4 Å². The Hall–Kier alpha value is -1.07. The average molecular weight is 216 g/mol. The lowest BCUT2D eigenvalue weighted by molar-refractivity contribution is 0.360. The van der Waals surface area contributed by atoms with Crippen molar-refractivity contribution in [3.8, 4) is 11.8 Å². The van der Waals surface area contributed by atoms with Crippen LogP contribution < -0.4 is 0 Å². The number of aliphatic imine (C=N–C) groups is 1. The molecule has 1 aliphatic heterocycles. The molecular weight excluding hydrogens is 196 g/mol. The Balaban J connectivity index is 2.08. The first kappa shape index (κ1) is 11.4. The summed E-state index contributed by atoms with van der Waals surface area (Å²) in [6.45, 7) is 8.37. The van der Waals surface area contributed by atoms with Crippen LogP contribution in [0.25, 0.3) is 0 Å². The van der Waals surface area contributed by atoms with E-state index in [-0.39, 0.29) is 0 Å². The van der Waals surface area contributed by atoms with Gasteiger partial charge in [0.15, 0.2) is 0 Å². The SMILES string of the molecule is C/C=C(/C#CC12CC1CN(C)C2)N=C(C)C. The standard InChI is InChI=1S/C14H20N2/c1-5-13(15-11(2)3)6-7-14-8-12(14)9-16(4)10-14/h5,12H,8-10H2,1-4H3/b13-5-. The van der Waals surface area contributed by atoms with Crippen LogP contribution in [0.2, 0.25) is 0 Å². The Kier molecular flexibility index (Phi) is 2.90. The largest absolute Gasteiger partial charge is 0.305 e. The maximum Gasteiger partial charge on any atom is 0.108 e. The summed E-state index contributed by atoms with van der Waals surface area (Å²) in [5, 5.41) is 0. The van der Waals surface area contributed by atoms with Gasteiger partial charge in [0, 0.05) is 24.2 Å². The third-order valence-electron chi connectivity index (χ3n) is 3.37. The predicted molar refractivity (Wildman–Crippen MR) is 68.4 cm³/mol. The fourth-order valence-electron chi connectivity index (χ4n) is 2.52. The van der Waals surface area contributed by atoms with E-state index in [0.29, 0.717) is 5.41 Å². The van der Waals surface area contributed by atoms with E-state index in [2.05, 4.69) is 28.8 Å². The Morgan fingerprint density at radius 1 is 1.50 bits per heavy atom. The van der Waals surface area contributed by atoms with Gasteiger partial charge in [-0.25, -0.2) is 4.99 Å². The maximum absolute atomic E-state index is 4.42. The minimum Gasteiger partial charge on any atom is -0.305 e. The zero-order chi connectivity index (χ0) is 11.8. The highest BCUT2D eigenvalue weighted by Crippen LogP contribution is 2.56. The van der Waals surface area contributed by atoms with Gasteiger partial charge in [0.1, 0.15) is 5.70 Å². The summed E-state index contributed by atoms with van der Waals surface area (Å²) in [7, 11) is 2.18. The molecule has 0 aromatic heterocycles. The molecule has 0 spiro atoms. The first-order valence-electron chi connectivity index (χ1n) is 5.96. The highest BCUT2D eigenvalue weighted by atomic mass is 15.2. The lowest BCUT2D eigenvalue weighted by Crippen LogP contribution is -2.19. The highest BCUT2D eigenvalue weighted by molar-refractivity contribution is 5.80. The first-order valence-corrected chi connectivity index (χ1v) is 5.96. The third kappa shape index (κ3) is 2.20. The van der Waals surface area contributed by atoms with Crippen molar-refractivity contribution in [3.63, 3.8) is 0 Å². The van der Waals surface area contributed by atoms with Crippen LogP contribution in [0.5, 0.6) is 0 Å². The molecule has 0 aromatic rings. The molecule has 0 amide bonds. The van der Waals surface area contributed by atoms with Crippen LogP contribution in [0.4, 0.5) is 0 Å². The van der Waals surface area contributed by atoms with E-state index in [0.717, 1.165) is 23.9 Å². The fourth-order valence-corrected chi connectivity index (χ4v) is 2.52. The van der Waals surface area contributed by atoms with Gasteiger partial charge in [-0.2, -0.15) is 0 Å². The van der Waals surface area contributed by atoms with Gasteiger partial charge in [0.25, 0.3) is 0 Å². The molecule has 2 unspecified atom stereocenters. The molecule has 1 saturated carbocycles. The molecule has 2 nitrogen and oxygen atoms in total. The highest BCUT2D eigenvalue weighted by Gasteiger charge is 2.58. The van der Waals surface area contributed by atoms with Gasteiger partial charge in [0.05, 0.1) is 0 Å². The molecule has 0 bridgehead atoms. The molecule has 1 heterocycles. The Bertz CT molecular complexity index is 404. The zero-order valence-electron chi connectivity index (χ0n) is 10.7. The van der Waals surface area contributed by atoms with Crippen LogP contribution >= 0.6 is 0 Å². The monoisotopic (exact) mass is 216 g/mol. The molecule has 2 rings (SSSR count). The summed E-state index contributed by atoms with van der Waals surface area (Å²) in [5.41, 5.74) is 2.28. The van der Waals surface area contributed by atoms with Crippen LogP contribution in [-0.2, 0) is 0 Å². The fraction of sp³-hybridized carbons (Fsp3) is 0.643. The van der Waals surface area contributed by atoms with E-state index < -0.39 is 0 Å². The Morgan fingerprint density at radius 2 is 2.25 bits per heavy atom. The minimum absolute atomic E-state index is 0.306. The molecule has 2 atom stereocenters. The van der Waals surface area contributed by atoms with Gasteiger partial charge in [-0.3, -0.25) is 0 Å². The molecule has 1 saturated heterocycles. The second-order valence-electron chi connectivity index (χ2n) is 5.24. The lowest BCUT2D eigenvalue weighted by atomic mass is 10.1. The third-order valence-corrected chi connectivity index (χ3v) is 3.37. The van der Waals surface area contributed by atoms with Gasteiger partial charge < -0.3 is 4.90 Å².